The normalized spacial score (nSPS) is 18.7. The van der Waals surface area contributed by atoms with Gasteiger partial charge in [-0.2, -0.15) is 0 Å². The predicted molar refractivity (Wildman–Crippen MR) is 127 cm³/mol. The third-order valence-corrected chi connectivity index (χ3v) is 6.82. The number of hydrogen-bond acceptors (Lipinski definition) is 0. The van der Waals surface area contributed by atoms with Gasteiger partial charge in [-0.15, -0.1) is 0 Å². The van der Waals surface area contributed by atoms with Crippen molar-refractivity contribution >= 4 is 12.2 Å². The highest BCUT2D eigenvalue weighted by Gasteiger charge is 2.24. The van der Waals surface area contributed by atoms with E-state index in [-0.39, 0.29) is 17.0 Å². The topological polar surface area (TPSA) is 0 Å². The first-order chi connectivity index (χ1) is 15.9. The van der Waals surface area contributed by atoms with Gasteiger partial charge in [0.05, 0.1) is 0 Å². The number of halogens is 4. The highest BCUT2D eigenvalue weighted by Crippen LogP contribution is 2.37. The molecule has 0 aromatic heterocycles. The average Bonchev–Trinajstić information content (AvgIpc) is 2.83. The zero-order valence-corrected chi connectivity index (χ0v) is 19.0. The van der Waals surface area contributed by atoms with Crippen LogP contribution in [-0.2, 0) is 6.42 Å². The van der Waals surface area contributed by atoms with E-state index >= 15 is 0 Å². The molecule has 1 aliphatic rings. The zero-order chi connectivity index (χ0) is 23.5. The Morgan fingerprint density at radius 3 is 2.09 bits per heavy atom. The summed E-state index contributed by atoms with van der Waals surface area (Å²) in [6.45, 7) is 3.97. The van der Waals surface area contributed by atoms with E-state index in [2.05, 4.69) is 6.92 Å². The largest absolute Gasteiger partial charge is 0.203 e. The molecule has 0 N–H and O–H groups in total. The predicted octanol–water partition coefficient (Wildman–Crippen LogP) is 8.94. The van der Waals surface area contributed by atoms with E-state index in [0.717, 1.165) is 31.2 Å². The van der Waals surface area contributed by atoms with Crippen LogP contribution < -0.4 is 0 Å². The first-order valence-electron chi connectivity index (χ1n) is 11.6. The molecule has 3 aromatic carbocycles. The molecule has 3 aromatic rings. The standard InChI is InChI=1S/C29H28F4/c1-3-20-14-16-24(28(32)26(20)30)22-11-6-19(7-12-22)8-13-23-15-17-25(29(33)27(23)31)21-9-4-18(2)5-10-21/h6-8,11-18,21H,3-5,9-10H2,1-2H3. The Morgan fingerprint density at radius 1 is 0.727 bits per heavy atom. The van der Waals surface area contributed by atoms with Crippen molar-refractivity contribution in [2.45, 2.75) is 51.9 Å². The SMILES string of the molecule is CCc1ccc(-c2ccc(C=Cc3ccc(C4CCC(C)CC4)c(F)c3F)cc2)c(F)c1F. The van der Waals surface area contributed by atoms with Crippen LogP contribution in [0.2, 0.25) is 0 Å². The fraction of sp³-hybridized carbons (Fsp3) is 0.310. The molecule has 4 rings (SSSR count). The first-order valence-corrected chi connectivity index (χ1v) is 11.6. The molecule has 1 saturated carbocycles. The Labute approximate surface area is 193 Å². The summed E-state index contributed by atoms with van der Waals surface area (Å²) in [5, 5.41) is 0. The van der Waals surface area contributed by atoms with Gasteiger partial charge >= 0.3 is 0 Å². The lowest BCUT2D eigenvalue weighted by Crippen LogP contribution is -2.13. The van der Waals surface area contributed by atoms with E-state index in [0.29, 0.717) is 29.0 Å². The summed E-state index contributed by atoms with van der Waals surface area (Å²) in [4.78, 5) is 0. The van der Waals surface area contributed by atoms with Crippen LogP contribution in [0.5, 0.6) is 0 Å². The van der Waals surface area contributed by atoms with Crippen molar-refractivity contribution in [2.24, 2.45) is 5.92 Å². The molecule has 33 heavy (non-hydrogen) atoms. The van der Waals surface area contributed by atoms with Crippen LogP contribution >= 0.6 is 0 Å². The number of rotatable bonds is 5. The van der Waals surface area contributed by atoms with Gasteiger partial charge in [-0.3, -0.25) is 0 Å². The minimum atomic E-state index is -0.859. The lowest BCUT2D eigenvalue weighted by atomic mass is 9.79. The van der Waals surface area contributed by atoms with Gasteiger partial charge in [0.25, 0.3) is 0 Å². The van der Waals surface area contributed by atoms with E-state index < -0.39 is 23.3 Å². The quantitative estimate of drug-likeness (QED) is 0.268. The van der Waals surface area contributed by atoms with Gasteiger partial charge in [0.1, 0.15) is 0 Å². The molecule has 0 heterocycles. The second kappa shape index (κ2) is 9.94. The van der Waals surface area contributed by atoms with Crippen LogP contribution in [-0.4, -0.2) is 0 Å². The second-order valence-corrected chi connectivity index (χ2v) is 9.04. The molecule has 4 heteroatoms. The van der Waals surface area contributed by atoms with Crippen molar-refractivity contribution in [3.05, 3.63) is 94.1 Å². The van der Waals surface area contributed by atoms with Crippen molar-refractivity contribution in [1.29, 1.82) is 0 Å². The molecule has 0 amide bonds. The van der Waals surface area contributed by atoms with Gasteiger partial charge in [0.2, 0.25) is 0 Å². The van der Waals surface area contributed by atoms with Gasteiger partial charge in [-0.25, -0.2) is 17.6 Å². The minimum Gasteiger partial charge on any atom is -0.203 e. The molecule has 1 fully saturated rings. The van der Waals surface area contributed by atoms with Crippen molar-refractivity contribution in [3.63, 3.8) is 0 Å². The molecule has 0 atom stereocenters. The number of benzene rings is 3. The average molecular weight is 453 g/mol. The lowest BCUT2D eigenvalue weighted by molar-refractivity contribution is 0.339. The van der Waals surface area contributed by atoms with Crippen LogP contribution in [0.1, 0.15) is 67.7 Å². The Balaban J connectivity index is 1.52. The summed E-state index contributed by atoms with van der Waals surface area (Å²) >= 11 is 0. The third kappa shape index (κ3) is 4.90. The van der Waals surface area contributed by atoms with Crippen LogP contribution in [0, 0.1) is 29.2 Å². The highest BCUT2D eigenvalue weighted by molar-refractivity contribution is 5.72. The van der Waals surface area contributed by atoms with Crippen molar-refractivity contribution in [2.75, 3.05) is 0 Å². The summed E-state index contributed by atoms with van der Waals surface area (Å²) < 4.78 is 58.0. The van der Waals surface area contributed by atoms with Crippen molar-refractivity contribution < 1.29 is 17.6 Å². The first kappa shape index (κ1) is 23.3. The van der Waals surface area contributed by atoms with Gasteiger partial charge in [0.15, 0.2) is 23.3 Å². The van der Waals surface area contributed by atoms with Crippen LogP contribution in [0.25, 0.3) is 23.3 Å². The van der Waals surface area contributed by atoms with Crippen LogP contribution in [0.3, 0.4) is 0 Å². The summed E-state index contributed by atoms with van der Waals surface area (Å²) in [5.41, 5.74) is 2.50. The zero-order valence-electron chi connectivity index (χ0n) is 19.0. The van der Waals surface area contributed by atoms with E-state index in [1.165, 1.54) is 6.08 Å². The van der Waals surface area contributed by atoms with Crippen LogP contribution in [0.4, 0.5) is 17.6 Å². The van der Waals surface area contributed by atoms with Gasteiger partial charge in [-0.1, -0.05) is 87.4 Å². The third-order valence-electron chi connectivity index (χ3n) is 6.82. The fourth-order valence-corrected chi connectivity index (χ4v) is 4.64. The molecular formula is C29H28F4. The van der Waals surface area contributed by atoms with Gasteiger partial charge < -0.3 is 0 Å². The van der Waals surface area contributed by atoms with Crippen molar-refractivity contribution in [3.8, 4) is 11.1 Å². The van der Waals surface area contributed by atoms with Crippen LogP contribution in [0.15, 0.2) is 48.5 Å². The molecular weight excluding hydrogens is 424 g/mol. The molecule has 0 unspecified atom stereocenters. The Bertz CT molecular complexity index is 1150. The molecule has 1 aliphatic carbocycles. The molecule has 0 aliphatic heterocycles. The second-order valence-electron chi connectivity index (χ2n) is 9.04. The fourth-order valence-electron chi connectivity index (χ4n) is 4.64. The molecule has 0 bridgehead atoms. The number of aryl methyl sites for hydroxylation is 1. The van der Waals surface area contributed by atoms with E-state index in [9.17, 15) is 17.6 Å². The van der Waals surface area contributed by atoms with Gasteiger partial charge in [-0.05, 0) is 53.4 Å². The maximum Gasteiger partial charge on any atom is 0.166 e. The lowest BCUT2D eigenvalue weighted by Gasteiger charge is -2.27. The smallest absolute Gasteiger partial charge is 0.166 e. The molecule has 0 spiro atoms. The molecule has 0 radical (unpaired) electrons. The maximum absolute atomic E-state index is 14.8. The van der Waals surface area contributed by atoms with Crippen molar-refractivity contribution in [1.82, 2.24) is 0 Å². The van der Waals surface area contributed by atoms with E-state index in [4.69, 9.17) is 0 Å². The Kier molecular flexibility index (Phi) is 7.02. The summed E-state index contributed by atoms with van der Waals surface area (Å²) in [6, 6.07) is 13.4. The van der Waals surface area contributed by atoms with Gasteiger partial charge in [0, 0.05) is 11.1 Å². The highest BCUT2D eigenvalue weighted by atomic mass is 19.2. The van der Waals surface area contributed by atoms with E-state index in [1.807, 2.05) is 0 Å². The maximum atomic E-state index is 14.8. The summed E-state index contributed by atoms with van der Waals surface area (Å²) in [6.07, 6.45) is 7.52. The van der Waals surface area contributed by atoms with E-state index in [1.54, 1.807) is 61.5 Å². The summed E-state index contributed by atoms with van der Waals surface area (Å²) in [7, 11) is 0. The minimum absolute atomic E-state index is 0.0814. The summed E-state index contributed by atoms with van der Waals surface area (Å²) in [5.74, 6) is -2.52. The monoisotopic (exact) mass is 452 g/mol. The number of hydrogen-bond donors (Lipinski definition) is 0. The molecule has 172 valence electrons. The molecule has 0 saturated heterocycles. The molecule has 0 nitrogen and oxygen atoms in total. The Hall–Kier alpha value is -2.88. The Morgan fingerprint density at radius 2 is 1.42 bits per heavy atom.